The number of aromatic nitrogens is 2. The van der Waals surface area contributed by atoms with E-state index in [1.807, 2.05) is 0 Å². The van der Waals surface area contributed by atoms with E-state index < -0.39 is 17.7 Å². The van der Waals surface area contributed by atoms with Gasteiger partial charge in [0.25, 0.3) is 0 Å². The molecule has 0 saturated heterocycles. The molecule has 2 rings (SSSR count). The van der Waals surface area contributed by atoms with Crippen LogP contribution in [0.3, 0.4) is 0 Å². The third-order valence-electron chi connectivity index (χ3n) is 2.66. The van der Waals surface area contributed by atoms with E-state index in [-0.39, 0.29) is 5.56 Å². The smallest absolute Gasteiger partial charge is 0.130 e. The van der Waals surface area contributed by atoms with Crippen LogP contribution in [-0.4, -0.2) is 9.97 Å². The Morgan fingerprint density at radius 1 is 1.17 bits per heavy atom. The molecular formula is C13H13F2N3. The first-order valence-electron chi connectivity index (χ1n) is 5.59. The lowest BCUT2D eigenvalue weighted by molar-refractivity contribution is 0.487. The number of nitrogens with zero attached hydrogens (tertiary/aromatic N) is 2. The van der Waals surface area contributed by atoms with Gasteiger partial charge in [-0.3, -0.25) is 0 Å². The molecule has 2 aromatic rings. The van der Waals surface area contributed by atoms with Gasteiger partial charge in [0, 0.05) is 36.1 Å². The van der Waals surface area contributed by atoms with Gasteiger partial charge in [-0.05, 0) is 19.1 Å². The minimum absolute atomic E-state index is 0.0503. The van der Waals surface area contributed by atoms with Crippen LogP contribution in [0.25, 0.3) is 0 Å². The molecule has 0 radical (unpaired) electrons. The van der Waals surface area contributed by atoms with Gasteiger partial charge in [0.15, 0.2) is 0 Å². The minimum atomic E-state index is -0.542. The maximum atomic E-state index is 13.5. The lowest BCUT2D eigenvalue weighted by atomic mass is 10.1. The molecule has 0 amide bonds. The van der Waals surface area contributed by atoms with E-state index in [4.69, 9.17) is 0 Å². The van der Waals surface area contributed by atoms with Gasteiger partial charge in [0.1, 0.15) is 18.0 Å². The highest BCUT2D eigenvalue weighted by Gasteiger charge is 2.15. The van der Waals surface area contributed by atoms with Crippen LogP contribution in [0.4, 0.5) is 8.78 Å². The average molecular weight is 249 g/mol. The van der Waals surface area contributed by atoms with Crippen molar-refractivity contribution in [2.24, 2.45) is 0 Å². The standard InChI is InChI=1S/C13H13F2N3/c1-9(13-11(14)3-2-4-12(13)15)18-7-10-5-16-8-17-6-10/h2-6,8-9,18H,7H2,1H3. The second-order valence-corrected chi connectivity index (χ2v) is 3.98. The van der Waals surface area contributed by atoms with Crippen LogP contribution in [0, 0.1) is 11.6 Å². The molecule has 1 aromatic heterocycles. The topological polar surface area (TPSA) is 37.8 Å². The van der Waals surface area contributed by atoms with E-state index in [1.54, 1.807) is 19.3 Å². The molecule has 1 heterocycles. The highest BCUT2D eigenvalue weighted by Crippen LogP contribution is 2.20. The number of halogens is 2. The summed E-state index contributed by atoms with van der Waals surface area (Å²) >= 11 is 0. The Morgan fingerprint density at radius 2 is 1.78 bits per heavy atom. The Labute approximate surface area is 104 Å². The summed E-state index contributed by atoms with van der Waals surface area (Å²) in [6, 6.07) is 3.43. The highest BCUT2D eigenvalue weighted by atomic mass is 19.1. The fourth-order valence-electron chi connectivity index (χ4n) is 1.72. The van der Waals surface area contributed by atoms with E-state index >= 15 is 0 Å². The molecule has 1 aromatic carbocycles. The predicted molar refractivity (Wildman–Crippen MR) is 63.6 cm³/mol. The Hall–Kier alpha value is -1.88. The van der Waals surface area contributed by atoms with Crippen molar-refractivity contribution in [1.82, 2.24) is 15.3 Å². The molecule has 0 aliphatic carbocycles. The van der Waals surface area contributed by atoms with Crippen LogP contribution < -0.4 is 5.32 Å². The normalized spacial score (nSPS) is 12.4. The van der Waals surface area contributed by atoms with Crippen LogP contribution in [0.2, 0.25) is 0 Å². The molecule has 0 fully saturated rings. The van der Waals surface area contributed by atoms with E-state index in [1.165, 1.54) is 24.5 Å². The molecule has 0 aliphatic heterocycles. The van der Waals surface area contributed by atoms with Crippen molar-refractivity contribution in [2.75, 3.05) is 0 Å². The number of nitrogens with one attached hydrogen (secondary N) is 1. The van der Waals surface area contributed by atoms with Crippen molar-refractivity contribution < 1.29 is 8.78 Å². The SMILES string of the molecule is CC(NCc1cncnc1)c1c(F)cccc1F. The van der Waals surface area contributed by atoms with Gasteiger partial charge in [-0.2, -0.15) is 0 Å². The van der Waals surface area contributed by atoms with Gasteiger partial charge < -0.3 is 5.32 Å². The Kier molecular flexibility index (Phi) is 3.94. The molecule has 3 nitrogen and oxygen atoms in total. The van der Waals surface area contributed by atoms with Crippen molar-refractivity contribution in [3.05, 3.63) is 59.7 Å². The largest absolute Gasteiger partial charge is 0.306 e. The molecular weight excluding hydrogens is 236 g/mol. The number of hydrogen-bond donors (Lipinski definition) is 1. The number of benzene rings is 1. The third kappa shape index (κ3) is 2.87. The summed E-state index contributed by atoms with van der Waals surface area (Å²) in [7, 11) is 0. The molecule has 0 aliphatic rings. The summed E-state index contributed by atoms with van der Waals surface area (Å²) in [5.74, 6) is -1.08. The van der Waals surface area contributed by atoms with Crippen molar-refractivity contribution in [2.45, 2.75) is 19.5 Å². The van der Waals surface area contributed by atoms with Gasteiger partial charge in [-0.25, -0.2) is 18.7 Å². The molecule has 5 heteroatoms. The van der Waals surface area contributed by atoms with Gasteiger partial charge in [-0.1, -0.05) is 6.07 Å². The second kappa shape index (κ2) is 5.64. The average Bonchev–Trinajstić information content (AvgIpc) is 2.37. The van der Waals surface area contributed by atoms with Crippen LogP contribution in [0.5, 0.6) is 0 Å². The zero-order valence-corrected chi connectivity index (χ0v) is 9.90. The lowest BCUT2D eigenvalue weighted by Gasteiger charge is -2.15. The van der Waals surface area contributed by atoms with Crippen LogP contribution >= 0.6 is 0 Å². The zero-order valence-electron chi connectivity index (χ0n) is 9.90. The van der Waals surface area contributed by atoms with Crippen molar-refractivity contribution >= 4 is 0 Å². The van der Waals surface area contributed by atoms with Crippen molar-refractivity contribution in [3.63, 3.8) is 0 Å². The Bertz CT molecular complexity index is 497. The fraction of sp³-hybridized carbons (Fsp3) is 0.231. The second-order valence-electron chi connectivity index (χ2n) is 3.98. The molecule has 0 spiro atoms. The lowest BCUT2D eigenvalue weighted by Crippen LogP contribution is -2.20. The first-order chi connectivity index (χ1) is 8.68. The first kappa shape index (κ1) is 12.6. The van der Waals surface area contributed by atoms with Crippen LogP contribution in [0.1, 0.15) is 24.1 Å². The van der Waals surface area contributed by atoms with Crippen molar-refractivity contribution in [1.29, 1.82) is 0 Å². The number of rotatable bonds is 4. The van der Waals surface area contributed by atoms with Crippen LogP contribution in [0.15, 0.2) is 36.9 Å². The monoisotopic (exact) mass is 249 g/mol. The van der Waals surface area contributed by atoms with Crippen molar-refractivity contribution in [3.8, 4) is 0 Å². The molecule has 94 valence electrons. The molecule has 0 bridgehead atoms. The van der Waals surface area contributed by atoms with Gasteiger partial charge in [-0.15, -0.1) is 0 Å². The van der Waals surface area contributed by atoms with Gasteiger partial charge in [0.05, 0.1) is 0 Å². The summed E-state index contributed by atoms with van der Waals surface area (Å²) in [6.45, 7) is 2.17. The minimum Gasteiger partial charge on any atom is -0.306 e. The third-order valence-corrected chi connectivity index (χ3v) is 2.66. The fourth-order valence-corrected chi connectivity index (χ4v) is 1.72. The summed E-state index contributed by atoms with van der Waals surface area (Å²) in [4.78, 5) is 7.74. The van der Waals surface area contributed by atoms with E-state index in [0.717, 1.165) is 5.56 Å². The van der Waals surface area contributed by atoms with Gasteiger partial charge >= 0.3 is 0 Å². The quantitative estimate of drug-likeness (QED) is 0.905. The maximum Gasteiger partial charge on any atom is 0.130 e. The van der Waals surface area contributed by atoms with E-state index in [9.17, 15) is 8.78 Å². The molecule has 1 unspecified atom stereocenters. The summed E-state index contributed by atoms with van der Waals surface area (Å²) in [5, 5.41) is 3.04. The highest BCUT2D eigenvalue weighted by molar-refractivity contribution is 5.23. The van der Waals surface area contributed by atoms with Gasteiger partial charge in [0.2, 0.25) is 0 Å². The Balaban J connectivity index is 2.06. The van der Waals surface area contributed by atoms with Crippen LogP contribution in [-0.2, 0) is 6.54 Å². The summed E-state index contributed by atoms with van der Waals surface area (Å²) < 4.78 is 27.0. The zero-order chi connectivity index (χ0) is 13.0. The van der Waals surface area contributed by atoms with E-state index in [2.05, 4.69) is 15.3 Å². The number of hydrogen-bond acceptors (Lipinski definition) is 3. The predicted octanol–water partition coefficient (Wildman–Crippen LogP) is 2.61. The Morgan fingerprint density at radius 3 is 2.39 bits per heavy atom. The first-order valence-corrected chi connectivity index (χ1v) is 5.59. The molecule has 1 N–H and O–H groups in total. The summed E-state index contributed by atoms with van der Waals surface area (Å²) in [6.07, 6.45) is 4.75. The molecule has 0 saturated carbocycles. The molecule has 1 atom stereocenters. The maximum absolute atomic E-state index is 13.5. The summed E-state index contributed by atoms with van der Waals surface area (Å²) in [5.41, 5.74) is 0.912. The van der Waals surface area contributed by atoms with E-state index in [0.29, 0.717) is 6.54 Å². The molecule has 18 heavy (non-hydrogen) atoms.